The van der Waals surface area contributed by atoms with Crippen LogP contribution in [-0.4, -0.2) is 11.5 Å². The van der Waals surface area contributed by atoms with Crippen LogP contribution < -0.4 is 5.43 Å². The number of fused-ring (bicyclic) bond motifs is 1. The lowest BCUT2D eigenvalue weighted by atomic mass is 10.0. The third-order valence-corrected chi connectivity index (χ3v) is 3.27. The van der Waals surface area contributed by atoms with Gasteiger partial charge >= 0.3 is 0 Å². The molecule has 0 saturated carbocycles. The van der Waals surface area contributed by atoms with E-state index in [1.807, 2.05) is 18.2 Å². The lowest BCUT2D eigenvalue weighted by Gasteiger charge is -2.14. The number of hydrazone groups is 1. The fourth-order valence-electron chi connectivity index (χ4n) is 2.23. The molecule has 3 nitrogen and oxygen atoms in total. The molecule has 3 rings (SSSR count). The molecule has 0 atom stereocenters. The first kappa shape index (κ1) is 11.9. The van der Waals surface area contributed by atoms with Gasteiger partial charge in [0.05, 0.1) is 11.4 Å². The van der Waals surface area contributed by atoms with E-state index in [1.54, 1.807) is 0 Å². The molecule has 1 aliphatic carbocycles. The van der Waals surface area contributed by atoms with Crippen LogP contribution in [0.3, 0.4) is 0 Å². The van der Waals surface area contributed by atoms with Crippen molar-refractivity contribution < 1.29 is 0 Å². The predicted octanol–water partition coefficient (Wildman–Crippen LogP) is 3.51. The molecule has 0 radical (unpaired) electrons. The van der Waals surface area contributed by atoms with E-state index in [1.165, 1.54) is 5.56 Å². The van der Waals surface area contributed by atoms with E-state index in [4.69, 9.17) is 0 Å². The van der Waals surface area contributed by atoms with Crippen LogP contribution >= 0.6 is 0 Å². The summed E-state index contributed by atoms with van der Waals surface area (Å²) in [6.07, 6.45) is 12.5. The smallest absolute Gasteiger partial charge is 0.123 e. The highest BCUT2D eigenvalue weighted by atomic mass is 15.3. The third kappa shape index (κ3) is 2.99. The maximum Gasteiger partial charge on any atom is 0.123 e. The number of nitrogens with one attached hydrogen (secondary N) is 1. The molecular formula is C16H17N3. The average molecular weight is 251 g/mol. The van der Waals surface area contributed by atoms with Gasteiger partial charge in [-0.25, -0.2) is 4.99 Å². The van der Waals surface area contributed by atoms with Crippen molar-refractivity contribution in [3.05, 3.63) is 54.1 Å². The Balaban J connectivity index is 1.75. The standard InChI is InChI=1S/C16H17N3/c1-2-4-9-14(8-3-1)18-19-16-12-11-13-7-5-6-10-15(13)17-16/h3-10H,1-2,11-12H2,(H,17,19). The Morgan fingerprint density at radius 3 is 2.63 bits per heavy atom. The van der Waals surface area contributed by atoms with Crippen LogP contribution in [0.15, 0.2) is 58.7 Å². The highest BCUT2D eigenvalue weighted by Crippen LogP contribution is 2.24. The van der Waals surface area contributed by atoms with Gasteiger partial charge in [0.15, 0.2) is 0 Å². The molecule has 1 aromatic carbocycles. The van der Waals surface area contributed by atoms with Crippen LogP contribution in [-0.2, 0) is 6.42 Å². The number of benzene rings is 1. The molecule has 1 aromatic rings. The second kappa shape index (κ2) is 5.65. The fraction of sp³-hybridized carbons (Fsp3) is 0.250. The average Bonchev–Trinajstić information content (AvgIpc) is 2.73. The van der Waals surface area contributed by atoms with Crippen molar-refractivity contribution in [1.82, 2.24) is 5.43 Å². The van der Waals surface area contributed by atoms with E-state index in [-0.39, 0.29) is 0 Å². The Bertz CT molecular complexity index is 563. The largest absolute Gasteiger partial charge is 0.264 e. The van der Waals surface area contributed by atoms with E-state index >= 15 is 0 Å². The lowest BCUT2D eigenvalue weighted by molar-refractivity contribution is 0.909. The minimum Gasteiger partial charge on any atom is -0.264 e. The van der Waals surface area contributed by atoms with E-state index in [2.05, 4.69) is 45.9 Å². The van der Waals surface area contributed by atoms with Crippen molar-refractivity contribution in [2.75, 3.05) is 0 Å². The minimum atomic E-state index is 0.918. The zero-order valence-corrected chi connectivity index (χ0v) is 10.8. The van der Waals surface area contributed by atoms with Gasteiger partial charge < -0.3 is 0 Å². The van der Waals surface area contributed by atoms with Gasteiger partial charge in [-0.05, 0) is 43.0 Å². The van der Waals surface area contributed by atoms with Gasteiger partial charge in [0, 0.05) is 6.42 Å². The molecule has 0 saturated heterocycles. The summed E-state index contributed by atoms with van der Waals surface area (Å²) in [5, 5.41) is 4.40. The van der Waals surface area contributed by atoms with Gasteiger partial charge in [-0.3, -0.25) is 5.43 Å². The molecule has 0 aromatic heterocycles. The van der Waals surface area contributed by atoms with E-state index in [0.717, 1.165) is 42.9 Å². The zero-order chi connectivity index (χ0) is 12.9. The SMILES string of the molecule is C1=CC(=NNC2=Nc3ccccc3CC2)C=CCC1. The quantitative estimate of drug-likeness (QED) is 0.762. The highest BCUT2D eigenvalue weighted by Gasteiger charge is 2.10. The van der Waals surface area contributed by atoms with Crippen LogP contribution in [0.5, 0.6) is 0 Å². The first-order chi connectivity index (χ1) is 9.42. The fourth-order valence-corrected chi connectivity index (χ4v) is 2.23. The van der Waals surface area contributed by atoms with Gasteiger partial charge in [-0.2, -0.15) is 5.10 Å². The molecule has 2 aliphatic rings. The topological polar surface area (TPSA) is 36.8 Å². The number of aliphatic imine (C=N–C) groups is 1. The molecule has 1 N–H and O–H groups in total. The van der Waals surface area contributed by atoms with Gasteiger partial charge in [-0.1, -0.05) is 30.4 Å². The summed E-state index contributed by atoms with van der Waals surface area (Å²) in [5.74, 6) is 0.942. The number of hydrogen-bond acceptors (Lipinski definition) is 3. The molecular weight excluding hydrogens is 234 g/mol. The lowest BCUT2D eigenvalue weighted by Crippen LogP contribution is -2.21. The molecule has 19 heavy (non-hydrogen) atoms. The molecule has 96 valence electrons. The number of rotatable bonds is 1. The molecule has 1 heterocycles. The Morgan fingerprint density at radius 2 is 1.79 bits per heavy atom. The van der Waals surface area contributed by atoms with Crippen LogP contribution in [0.4, 0.5) is 5.69 Å². The van der Waals surface area contributed by atoms with Crippen molar-refractivity contribution in [2.24, 2.45) is 10.1 Å². The van der Waals surface area contributed by atoms with Crippen molar-refractivity contribution in [1.29, 1.82) is 0 Å². The minimum absolute atomic E-state index is 0.918. The third-order valence-electron chi connectivity index (χ3n) is 3.27. The second-order valence-electron chi connectivity index (χ2n) is 4.72. The second-order valence-corrected chi connectivity index (χ2v) is 4.72. The van der Waals surface area contributed by atoms with Gasteiger partial charge in [0.25, 0.3) is 0 Å². The van der Waals surface area contributed by atoms with Crippen molar-refractivity contribution in [3.8, 4) is 0 Å². The van der Waals surface area contributed by atoms with E-state index < -0.39 is 0 Å². The van der Waals surface area contributed by atoms with Crippen LogP contribution in [0, 0.1) is 0 Å². The molecule has 0 bridgehead atoms. The molecule has 1 aliphatic heterocycles. The number of para-hydroxylation sites is 1. The first-order valence-electron chi connectivity index (χ1n) is 6.74. The summed E-state index contributed by atoms with van der Waals surface area (Å²) in [6, 6.07) is 8.27. The van der Waals surface area contributed by atoms with Crippen LogP contribution in [0.1, 0.15) is 24.8 Å². The normalized spacial score (nSPS) is 17.5. The van der Waals surface area contributed by atoms with Gasteiger partial charge in [0.1, 0.15) is 5.84 Å². The van der Waals surface area contributed by atoms with Crippen LogP contribution in [0.25, 0.3) is 0 Å². The van der Waals surface area contributed by atoms with Gasteiger partial charge in [-0.15, -0.1) is 0 Å². The summed E-state index contributed by atoms with van der Waals surface area (Å²) >= 11 is 0. The van der Waals surface area contributed by atoms with Gasteiger partial charge in [0.2, 0.25) is 0 Å². The highest BCUT2D eigenvalue weighted by molar-refractivity contribution is 6.04. The molecule has 0 unspecified atom stereocenters. The molecule has 3 heteroatoms. The number of aryl methyl sites for hydroxylation is 1. The Hall–Kier alpha value is -2.16. The Labute approximate surface area is 113 Å². The van der Waals surface area contributed by atoms with Crippen molar-refractivity contribution in [2.45, 2.75) is 25.7 Å². The Morgan fingerprint density at radius 1 is 1.00 bits per heavy atom. The molecule has 0 spiro atoms. The van der Waals surface area contributed by atoms with Crippen molar-refractivity contribution >= 4 is 17.2 Å². The zero-order valence-electron chi connectivity index (χ0n) is 10.8. The summed E-state index contributed by atoms with van der Waals surface area (Å²) in [4.78, 5) is 4.60. The monoisotopic (exact) mass is 251 g/mol. The van der Waals surface area contributed by atoms with E-state index in [9.17, 15) is 0 Å². The maximum absolute atomic E-state index is 4.60. The van der Waals surface area contributed by atoms with Crippen molar-refractivity contribution in [3.63, 3.8) is 0 Å². The summed E-state index contributed by atoms with van der Waals surface area (Å²) in [6.45, 7) is 0. The van der Waals surface area contributed by atoms with E-state index in [0.29, 0.717) is 0 Å². The number of amidine groups is 1. The maximum atomic E-state index is 4.60. The number of nitrogens with zero attached hydrogens (tertiary/aromatic N) is 2. The number of allylic oxidation sites excluding steroid dienone is 4. The predicted molar refractivity (Wildman–Crippen MR) is 79.9 cm³/mol. The summed E-state index contributed by atoms with van der Waals surface area (Å²) in [5.41, 5.74) is 6.43. The first-order valence-corrected chi connectivity index (χ1v) is 6.74. The molecule has 0 fully saturated rings. The number of hydrogen-bond donors (Lipinski definition) is 1. The molecule has 0 amide bonds. The summed E-state index contributed by atoms with van der Waals surface area (Å²) in [7, 11) is 0. The Kier molecular flexibility index (Phi) is 3.54. The van der Waals surface area contributed by atoms with Crippen LogP contribution in [0.2, 0.25) is 0 Å². The summed E-state index contributed by atoms with van der Waals surface area (Å²) < 4.78 is 0.